The second kappa shape index (κ2) is 8.68. The smallest absolute Gasteiger partial charge is 0.435 e. The summed E-state index contributed by atoms with van der Waals surface area (Å²) in [4.78, 5) is 24.8. The Labute approximate surface area is 169 Å². The number of rotatable bonds is 6. The Morgan fingerprint density at radius 2 is 1.63 bits per heavy atom. The summed E-state index contributed by atoms with van der Waals surface area (Å²) in [5.74, 6) is -0.997. The van der Waals surface area contributed by atoms with E-state index in [0.29, 0.717) is 11.4 Å². The molecule has 2 aromatic carbocycles. The maximum atomic E-state index is 13.4. The molecule has 0 aliphatic carbocycles. The molecule has 0 atom stereocenters. The predicted molar refractivity (Wildman–Crippen MR) is 103 cm³/mol. The topological polar surface area (TPSA) is 87.5 Å². The number of carbonyl (C=O) groups excluding carboxylic acids is 1. The quantitative estimate of drug-likeness (QED) is 0.637. The summed E-state index contributed by atoms with van der Waals surface area (Å²) in [6.07, 6.45) is -5.08. The third-order valence-corrected chi connectivity index (χ3v) is 4.17. The number of nitrogens with zero attached hydrogens (tertiary/aromatic N) is 3. The molecule has 2 N–H and O–H groups in total. The normalized spacial score (nSPS) is 11.2. The summed E-state index contributed by atoms with van der Waals surface area (Å²) >= 11 is 0. The van der Waals surface area contributed by atoms with E-state index in [1.807, 2.05) is 0 Å². The zero-order valence-electron chi connectivity index (χ0n) is 15.5. The van der Waals surface area contributed by atoms with Gasteiger partial charge in [-0.05, 0) is 24.3 Å². The van der Waals surface area contributed by atoms with E-state index < -0.39 is 29.4 Å². The minimum absolute atomic E-state index is 0.140. The lowest BCUT2D eigenvalue weighted by atomic mass is 10.2. The highest BCUT2D eigenvalue weighted by atomic mass is 19.4. The number of benzene rings is 2. The van der Waals surface area contributed by atoms with Crippen molar-refractivity contribution in [3.8, 4) is 5.69 Å². The highest BCUT2D eigenvalue weighted by molar-refractivity contribution is 5.95. The highest BCUT2D eigenvalue weighted by Gasteiger charge is 2.39. The van der Waals surface area contributed by atoms with Crippen molar-refractivity contribution < 1.29 is 27.9 Å². The molecule has 0 saturated carbocycles. The van der Waals surface area contributed by atoms with Gasteiger partial charge in [-0.15, -0.1) is 0 Å². The molecule has 0 saturated heterocycles. The Morgan fingerprint density at radius 1 is 1.03 bits per heavy atom. The van der Waals surface area contributed by atoms with Gasteiger partial charge in [0, 0.05) is 25.0 Å². The molecule has 0 aliphatic heterocycles. The number of para-hydroxylation sites is 2. The van der Waals surface area contributed by atoms with E-state index in [0.717, 1.165) is 15.8 Å². The van der Waals surface area contributed by atoms with Crippen LogP contribution < -0.4 is 10.2 Å². The lowest BCUT2D eigenvalue weighted by molar-refractivity contribution is -0.141. The molecule has 0 aliphatic rings. The Kier molecular flexibility index (Phi) is 6.05. The maximum Gasteiger partial charge on any atom is 0.435 e. The van der Waals surface area contributed by atoms with E-state index in [9.17, 15) is 27.9 Å². The summed E-state index contributed by atoms with van der Waals surface area (Å²) in [5, 5.41) is 15.2. The molecule has 1 aromatic heterocycles. The molecule has 30 heavy (non-hydrogen) atoms. The van der Waals surface area contributed by atoms with Crippen LogP contribution in [0.15, 0.2) is 66.9 Å². The van der Waals surface area contributed by atoms with Crippen molar-refractivity contribution in [2.24, 2.45) is 0 Å². The van der Waals surface area contributed by atoms with E-state index in [2.05, 4.69) is 10.4 Å². The predicted octanol–water partition coefficient (Wildman–Crippen LogP) is 3.81. The van der Waals surface area contributed by atoms with Gasteiger partial charge in [0.1, 0.15) is 0 Å². The summed E-state index contributed by atoms with van der Waals surface area (Å²) in [6, 6.07) is 16.2. The summed E-state index contributed by atoms with van der Waals surface area (Å²) < 4.78 is 41.1. The number of aromatic nitrogens is 2. The molecule has 0 radical (unpaired) electrons. The first-order valence-corrected chi connectivity index (χ1v) is 8.83. The van der Waals surface area contributed by atoms with E-state index in [-0.39, 0.29) is 13.1 Å². The zero-order valence-corrected chi connectivity index (χ0v) is 15.5. The molecular formula is C20H17F3N4O3. The number of hydrogen-bond donors (Lipinski definition) is 2. The monoisotopic (exact) mass is 418 g/mol. The lowest BCUT2D eigenvalue weighted by Crippen LogP contribution is -2.38. The average molecular weight is 418 g/mol. The Balaban J connectivity index is 1.76. The van der Waals surface area contributed by atoms with E-state index in [1.165, 1.54) is 0 Å². The van der Waals surface area contributed by atoms with E-state index in [4.69, 9.17) is 0 Å². The van der Waals surface area contributed by atoms with Gasteiger partial charge >= 0.3 is 12.3 Å². The number of carbonyl (C=O) groups is 2. The van der Waals surface area contributed by atoms with Crippen LogP contribution in [0.5, 0.6) is 0 Å². The number of halogens is 3. The van der Waals surface area contributed by atoms with Crippen LogP contribution in [0, 0.1) is 0 Å². The fourth-order valence-corrected chi connectivity index (χ4v) is 2.78. The minimum Gasteiger partial charge on any atom is -0.465 e. The summed E-state index contributed by atoms with van der Waals surface area (Å²) in [7, 11) is 0. The molecule has 3 rings (SSSR count). The largest absolute Gasteiger partial charge is 0.465 e. The van der Waals surface area contributed by atoms with Gasteiger partial charge in [-0.3, -0.25) is 9.69 Å². The number of alkyl halides is 3. The van der Waals surface area contributed by atoms with Gasteiger partial charge in [-0.2, -0.15) is 18.3 Å². The highest BCUT2D eigenvalue weighted by Crippen LogP contribution is 2.31. The molecule has 0 unspecified atom stereocenters. The van der Waals surface area contributed by atoms with Gasteiger partial charge in [0.15, 0.2) is 5.69 Å². The summed E-state index contributed by atoms with van der Waals surface area (Å²) in [6.45, 7) is -0.326. The van der Waals surface area contributed by atoms with Crippen molar-refractivity contribution in [3.05, 3.63) is 78.1 Å². The second-order valence-corrected chi connectivity index (χ2v) is 6.19. The van der Waals surface area contributed by atoms with Crippen LogP contribution in [-0.2, 0) is 6.18 Å². The first-order chi connectivity index (χ1) is 14.3. The number of anilines is 1. The van der Waals surface area contributed by atoms with Crippen LogP contribution in [0.4, 0.5) is 23.7 Å². The molecule has 1 heterocycles. The van der Waals surface area contributed by atoms with Crippen LogP contribution >= 0.6 is 0 Å². The number of carboxylic acid groups (broad SMARTS) is 1. The van der Waals surface area contributed by atoms with Crippen molar-refractivity contribution in [3.63, 3.8) is 0 Å². The van der Waals surface area contributed by atoms with Gasteiger partial charge in [-0.1, -0.05) is 36.4 Å². The van der Waals surface area contributed by atoms with E-state index >= 15 is 0 Å². The van der Waals surface area contributed by atoms with Gasteiger partial charge in [-0.25, -0.2) is 9.48 Å². The average Bonchev–Trinajstić information content (AvgIpc) is 3.18. The Morgan fingerprint density at radius 3 is 2.20 bits per heavy atom. The van der Waals surface area contributed by atoms with Crippen molar-refractivity contribution in [2.75, 3.05) is 18.0 Å². The Bertz CT molecular complexity index is 1020. The van der Waals surface area contributed by atoms with Crippen LogP contribution in [0.25, 0.3) is 5.69 Å². The van der Waals surface area contributed by atoms with Crippen molar-refractivity contribution in [2.45, 2.75) is 6.18 Å². The molecular weight excluding hydrogens is 401 g/mol. The van der Waals surface area contributed by atoms with Crippen LogP contribution in [0.3, 0.4) is 0 Å². The van der Waals surface area contributed by atoms with Crippen molar-refractivity contribution in [1.29, 1.82) is 0 Å². The zero-order chi connectivity index (χ0) is 21.7. The van der Waals surface area contributed by atoms with Gasteiger partial charge < -0.3 is 10.4 Å². The van der Waals surface area contributed by atoms with Gasteiger partial charge in [0.2, 0.25) is 0 Å². The third kappa shape index (κ3) is 4.77. The molecule has 2 amide bonds. The number of nitrogens with one attached hydrogen (secondary N) is 1. The molecule has 0 fully saturated rings. The molecule has 10 heteroatoms. The lowest BCUT2D eigenvalue weighted by Gasteiger charge is -2.19. The van der Waals surface area contributed by atoms with Gasteiger partial charge in [0.05, 0.1) is 11.3 Å². The van der Waals surface area contributed by atoms with Crippen molar-refractivity contribution >= 4 is 17.7 Å². The molecule has 7 nitrogen and oxygen atoms in total. The van der Waals surface area contributed by atoms with Gasteiger partial charge in [0.25, 0.3) is 5.91 Å². The van der Waals surface area contributed by atoms with Crippen LogP contribution in [-0.4, -0.2) is 40.0 Å². The van der Waals surface area contributed by atoms with Crippen LogP contribution in [0.1, 0.15) is 16.1 Å². The van der Waals surface area contributed by atoms with Crippen LogP contribution in [0.2, 0.25) is 0 Å². The molecule has 3 aromatic rings. The molecule has 0 spiro atoms. The second-order valence-electron chi connectivity index (χ2n) is 6.19. The first-order valence-electron chi connectivity index (χ1n) is 8.83. The fourth-order valence-electron chi connectivity index (χ4n) is 2.78. The molecule has 0 bridgehead atoms. The third-order valence-electron chi connectivity index (χ3n) is 4.17. The molecule has 156 valence electrons. The van der Waals surface area contributed by atoms with Crippen molar-refractivity contribution in [1.82, 2.24) is 15.1 Å². The van der Waals surface area contributed by atoms with E-state index in [1.54, 1.807) is 60.7 Å². The first kappa shape index (κ1) is 20.9. The number of amides is 2. The minimum atomic E-state index is -4.83. The summed E-state index contributed by atoms with van der Waals surface area (Å²) in [5.41, 5.74) is -1.22. The maximum absolute atomic E-state index is 13.4. The SMILES string of the molecule is O=C(NCCN(C(=O)O)c1ccccc1)c1cn(-c2ccccc2)nc1C(F)(F)F. The standard InChI is InChI=1S/C20H17F3N4O3/c21-20(22,23)17-16(13-27(25-17)15-9-5-2-6-10-15)18(28)24-11-12-26(19(29)30)14-7-3-1-4-8-14/h1-10,13H,11-12H2,(H,24,28)(H,29,30). The number of hydrogen-bond acceptors (Lipinski definition) is 3. The Hall–Kier alpha value is -3.82. The fraction of sp³-hybridized carbons (Fsp3) is 0.150.